The zero-order valence-electron chi connectivity index (χ0n) is 3.64. The summed E-state index contributed by atoms with van der Waals surface area (Å²) in [4.78, 5) is 31.5. The Morgan fingerprint density at radius 1 is 1.14 bits per heavy atom. The number of rotatable bonds is 1. The molecular weight excluding hydrogens is 123 g/mol. The van der Waals surface area contributed by atoms with Crippen molar-refractivity contribution in [1.82, 2.24) is 0 Å². The average molecular weight is 130 g/mol. The Bertz CT molecular complexity index is 60.6. The molecule has 0 spiro atoms. The van der Waals surface area contributed by atoms with E-state index >= 15 is 0 Å². The first-order chi connectivity index (χ1) is 2.81. The maximum absolute atomic E-state index is 7.87. The van der Waals surface area contributed by atoms with Crippen LogP contribution >= 0.6 is 7.74 Å². The monoisotopic (exact) mass is 130 g/mol. The molecule has 0 aliphatic rings. The predicted octanol–water partition coefficient (Wildman–Crippen LogP) is -1.27. The molecule has 5 nitrogen and oxygen atoms in total. The second-order valence-corrected chi connectivity index (χ2v) is 3.14. The fourth-order valence-corrected chi connectivity index (χ4v) is 0. The Morgan fingerprint density at radius 2 is 1.29 bits per heavy atom. The van der Waals surface area contributed by atoms with Crippen LogP contribution in [-0.4, -0.2) is 26.7 Å². The van der Waals surface area contributed by atoms with E-state index in [2.05, 4.69) is 4.52 Å². The molecule has 0 aliphatic heterocycles. The minimum atomic E-state index is -5.58. The van der Waals surface area contributed by atoms with Gasteiger partial charge >= 0.3 is 38.9 Å². The SMILES string of the molecule is COP(O)(O)(O)O. The van der Waals surface area contributed by atoms with E-state index in [0.717, 1.165) is 7.11 Å². The minimum absolute atomic E-state index is 0.776. The Labute approximate surface area is 40.1 Å². The molecular formula is CH7O5P. The van der Waals surface area contributed by atoms with Crippen molar-refractivity contribution in [3.05, 3.63) is 0 Å². The molecule has 4 N–H and O–H groups in total. The van der Waals surface area contributed by atoms with Gasteiger partial charge in [0.1, 0.15) is 0 Å². The van der Waals surface area contributed by atoms with E-state index in [-0.39, 0.29) is 0 Å². The molecule has 0 unspecified atom stereocenters. The normalized spacial score (nSPS) is 18.1. The van der Waals surface area contributed by atoms with Crippen molar-refractivity contribution in [2.45, 2.75) is 0 Å². The van der Waals surface area contributed by atoms with Crippen LogP contribution in [0, 0.1) is 0 Å². The summed E-state index contributed by atoms with van der Waals surface area (Å²) in [5.74, 6) is 0. The molecule has 0 amide bonds. The Morgan fingerprint density at radius 3 is 1.29 bits per heavy atom. The molecule has 0 atom stereocenters. The van der Waals surface area contributed by atoms with Gasteiger partial charge in [-0.15, -0.1) is 0 Å². The summed E-state index contributed by atoms with van der Waals surface area (Å²) < 4.78 is 3.48. The maximum atomic E-state index is 7.87. The third-order valence-electron chi connectivity index (χ3n) is 0.327. The Hall–Kier alpha value is 0.230. The van der Waals surface area contributed by atoms with E-state index in [1.54, 1.807) is 0 Å². The quantitative estimate of drug-likeness (QED) is 0.332. The van der Waals surface area contributed by atoms with Crippen molar-refractivity contribution in [3.63, 3.8) is 0 Å². The third-order valence-corrected chi connectivity index (χ3v) is 0.980. The summed E-state index contributed by atoms with van der Waals surface area (Å²) in [6.45, 7) is 0. The Kier molecular flexibility index (Phi) is 1.40. The zero-order chi connectivity index (χ0) is 6.15. The van der Waals surface area contributed by atoms with E-state index in [0.29, 0.717) is 0 Å². The van der Waals surface area contributed by atoms with Crippen LogP contribution in [-0.2, 0) is 4.52 Å². The molecule has 46 valence electrons. The predicted molar refractivity (Wildman–Crippen MR) is 22.8 cm³/mol. The summed E-state index contributed by atoms with van der Waals surface area (Å²) >= 11 is 0. The van der Waals surface area contributed by atoms with E-state index in [4.69, 9.17) is 19.6 Å². The molecule has 0 radical (unpaired) electrons. The second-order valence-electron chi connectivity index (χ2n) is 1.05. The van der Waals surface area contributed by atoms with Gasteiger partial charge in [0.2, 0.25) is 0 Å². The van der Waals surface area contributed by atoms with Crippen molar-refractivity contribution < 1.29 is 24.1 Å². The number of hydrogen-bond donors (Lipinski definition) is 4. The van der Waals surface area contributed by atoms with Crippen LogP contribution in [0.25, 0.3) is 0 Å². The van der Waals surface area contributed by atoms with E-state index in [1.807, 2.05) is 0 Å². The van der Waals surface area contributed by atoms with Gasteiger partial charge in [-0.2, -0.15) is 0 Å². The Balaban J connectivity index is 3.83. The first-order valence-electron chi connectivity index (χ1n) is 1.39. The summed E-state index contributed by atoms with van der Waals surface area (Å²) in [5.41, 5.74) is 0. The third kappa shape index (κ3) is 6.23. The fourth-order valence-electron chi connectivity index (χ4n) is 0. The van der Waals surface area contributed by atoms with Gasteiger partial charge in [-0.05, 0) is 0 Å². The van der Waals surface area contributed by atoms with Gasteiger partial charge in [0, 0.05) is 0 Å². The van der Waals surface area contributed by atoms with E-state index < -0.39 is 7.74 Å². The van der Waals surface area contributed by atoms with Crippen LogP contribution in [0.3, 0.4) is 0 Å². The van der Waals surface area contributed by atoms with E-state index in [1.165, 1.54) is 0 Å². The van der Waals surface area contributed by atoms with Gasteiger partial charge in [-0.3, -0.25) is 0 Å². The van der Waals surface area contributed by atoms with Crippen LogP contribution in [0.2, 0.25) is 0 Å². The molecule has 7 heavy (non-hydrogen) atoms. The van der Waals surface area contributed by atoms with Crippen LogP contribution in [0.4, 0.5) is 0 Å². The molecule has 0 aliphatic carbocycles. The average Bonchev–Trinajstić information content (AvgIpc) is 1.32. The van der Waals surface area contributed by atoms with Crippen molar-refractivity contribution in [1.29, 1.82) is 0 Å². The summed E-state index contributed by atoms with van der Waals surface area (Å²) in [7, 11) is -4.80. The van der Waals surface area contributed by atoms with Crippen LogP contribution < -0.4 is 0 Å². The molecule has 0 rings (SSSR count). The fraction of sp³-hybridized carbons (Fsp3) is 1.00. The standard InChI is InChI=1S/CH7O5P/c1-6-7(2,3,4)5/h2-5H,1H3. The molecule has 6 heteroatoms. The molecule has 0 bridgehead atoms. The van der Waals surface area contributed by atoms with Crippen molar-refractivity contribution in [2.75, 3.05) is 7.11 Å². The van der Waals surface area contributed by atoms with Crippen LogP contribution in [0.1, 0.15) is 0 Å². The van der Waals surface area contributed by atoms with Crippen molar-refractivity contribution in [3.8, 4) is 0 Å². The first-order valence-corrected chi connectivity index (χ1v) is 3.36. The van der Waals surface area contributed by atoms with Gasteiger partial charge < -0.3 is 0 Å². The van der Waals surface area contributed by atoms with Crippen LogP contribution in [0.15, 0.2) is 0 Å². The molecule has 0 fully saturated rings. The van der Waals surface area contributed by atoms with Gasteiger partial charge in [-0.1, -0.05) is 0 Å². The van der Waals surface area contributed by atoms with Gasteiger partial charge in [-0.25, -0.2) is 0 Å². The molecule has 0 aromatic carbocycles. The zero-order valence-corrected chi connectivity index (χ0v) is 4.54. The summed E-state index contributed by atoms with van der Waals surface area (Å²) in [6, 6.07) is 0. The van der Waals surface area contributed by atoms with Crippen LogP contribution in [0.5, 0.6) is 0 Å². The van der Waals surface area contributed by atoms with Gasteiger partial charge in [0.25, 0.3) is 0 Å². The molecule has 0 aromatic heterocycles. The molecule has 0 saturated carbocycles. The first kappa shape index (κ1) is 7.23. The van der Waals surface area contributed by atoms with Crippen molar-refractivity contribution >= 4 is 7.74 Å². The van der Waals surface area contributed by atoms with Gasteiger partial charge in [0.15, 0.2) is 0 Å². The van der Waals surface area contributed by atoms with Gasteiger partial charge in [0.05, 0.1) is 0 Å². The second kappa shape index (κ2) is 1.35. The van der Waals surface area contributed by atoms with Crippen molar-refractivity contribution in [2.24, 2.45) is 0 Å². The molecule has 0 heterocycles. The number of hydrogen-bond acceptors (Lipinski definition) is 5. The summed E-state index contributed by atoms with van der Waals surface area (Å²) in [6.07, 6.45) is 0. The van der Waals surface area contributed by atoms with E-state index in [9.17, 15) is 0 Å². The molecule has 0 saturated heterocycles. The topological polar surface area (TPSA) is 90.2 Å². The molecule has 0 aromatic rings. The summed E-state index contributed by atoms with van der Waals surface area (Å²) in [5, 5.41) is 0.